The smallest absolute Gasteiger partial charge is 0.329 e. The van der Waals surface area contributed by atoms with Gasteiger partial charge in [0.05, 0.1) is 0 Å². The molecular weight excluding hydrogens is 320 g/mol. The molecule has 6 heteroatoms. The largest absolute Gasteiger partial charge is 0.459 e. The Labute approximate surface area is 148 Å². The van der Waals surface area contributed by atoms with Crippen LogP contribution in [0, 0.1) is 5.92 Å². The Hall–Kier alpha value is -2.37. The average Bonchev–Trinajstić information content (AvgIpc) is 3.07. The van der Waals surface area contributed by atoms with E-state index in [1.807, 2.05) is 44.2 Å². The molecule has 1 aliphatic rings. The van der Waals surface area contributed by atoms with Crippen molar-refractivity contribution in [2.45, 2.75) is 52.3 Å². The fraction of sp³-hybridized carbons (Fsp3) is 0.526. The van der Waals surface area contributed by atoms with Crippen LogP contribution < -0.4 is 5.32 Å². The Morgan fingerprint density at radius 1 is 1.24 bits per heavy atom. The molecule has 2 rings (SSSR count). The first-order valence-corrected chi connectivity index (χ1v) is 8.68. The number of hydrogen-bond donors (Lipinski definition) is 1. The lowest BCUT2D eigenvalue weighted by Crippen LogP contribution is -2.53. The second-order valence-corrected chi connectivity index (χ2v) is 6.71. The van der Waals surface area contributed by atoms with Crippen LogP contribution >= 0.6 is 0 Å². The Bertz CT molecular complexity index is 615. The van der Waals surface area contributed by atoms with Gasteiger partial charge in [-0.25, -0.2) is 4.79 Å². The van der Waals surface area contributed by atoms with Crippen molar-refractivity contribution < 1.29 is 19.1 Å². The van der Waals surface area contributed by atoms with Crippen molar-refractivity contribution in [1.29, 1.82) is 0 Å². The van der Waals surface area contributed by atoms with Gasteiger partial charge in [-0.05, 0) is 24.3 Å². The number of carbonyl (C=O) groups is 3. The number of amides is 2. The summed E-state index contributed by atoms with van der Waals surface area (Å²) in [5, 5.41) is 2.69. The summed E-state index contributed by atoms with van der Waals surface area (Å²) in [5.41, 5.74) is 0.907. The second-order valence-electron chi connectivity index (χ2n) is 6.71. The van der Waals surface area contributed by atoms with E-state index in [9.17, 15) is 14.4 Å². The number of nitrogens with one attached hydrogen (secondary N) is 1. The van der Waals surface area contributed by atoms with Crippen LogP contribution in [0.4, 0.5) is 0 Å². The number of carbonyl (C=O) groups excluding carboxylic acids is 3. The van der Waals surface area contributed by atoms with E-state index in [-0.39, 0.29) is 30.3 Å². The van der Waals surface area contributed by atoms with Gasteiger partial charge >= 0.3 is 5.97 Å². The third-order valence-corrected chi connectivity index (χ3v) is 4.32. The lowest BCUT2D eigenvalue weighted by molar-refractivity contribution is -0.155. The molecule has 25 heavy (non-hydrogen) atoms. The van der Waals surface area contributed by atoms with Gasteiger partial charge in [0.1, 0.15) is 18.7 Å². The molecule has 2 atom stereocenters. The van der Waals surface area contributed by atoms with E-state index in [0.29, 0.717) is 13.0 Å². The maximum absolute atomic E-state index is 12.8. The Morgan fingerprint density at radius 2 is 1.92 bits per heavy atom. The van der Waals surface area contributed by atoms with E-state index in [2.05, 4.69) is 5.32 Å². The fourth-order valence-electron chi connectivity index (χ4n) is 3.01. The first kappa shape index (κ1) is 19.0. The zero-order chi connectivity index (χ0) is 18.4. The van der Waals surface area contributed by atoms with Crippen LogP contribution in [0.25, 0.3) is 0 Å². The minimum absolute atomic E-state index is 0.0574. The number of likely N-dealkylation sites (tertiary alicyclic amines) is 1. The monoisotopic (exact) mass is 346 g/mol. The van der Waals surface area contributed by atoms with Gasteiger partial charge < -0.3 is 15.0 Å². The highest BCUT2D eigenvalue weighted by molar-refractivity contribution is 5.91. The summed E-state index contributed by atoms with van der Waals surface area (Å²) in [6, 6.07) is 8.24. The molecule has 0 aliphatic carbocycles. The van der Waals surface area contributed by atoms with E-state index >= 15 is 0 Å². The zero-order valence-corrected chi connectivity index (χ0v) is 15.0. The molecular formula is C19H26N2O4. The molecule has 1 saturated heterocycles. The molecule has 0 radical (unpaired) electrons. The van der Waals surface area contributed by atoms with Gasteiger partial charge in [0, 0.05) is 13.5 Å². The van der Waals surface area contributed by atoms with Crippen molar-refractivity contribution in [1.82, 2.24) is 10.2 Å². The second kappa shape index (κ2) is 8.65. The maximum Gasteiger partial charge on any atom is 0.329 e. The summed E-state index contributed by atoms with van der Waals surface area (Å²) in [4.78, 5) is 38.2. The number of rotatable bonds is 6. The average molecular weight is 346 g/mol. The summed E-state index contributed by atoms with van der Waals surface area (Å²) in [7, 11) is 0. The highest BCUT2D eigenvalue weighted by Gasteiger charge is 2.39. The topological polar surface area (TPSA) is 75.7 Å². The van der Waals surface area contributed by atoms with Gasteiger partial charge in [0.15, 0.2) is 0 Å². The lowest BCUT2D eigenvalue weighted by Gasteiger charge is -2.29. The predicted molar refractivity (Wildman–Crippen MR) is 93.4 cm³/mol. The number of nitrogens with zero attached hydrogens (tertiary/aromatic N) is 1. The van der Waals surface area contributed by atoms with E-state index in [1.54, 1.807) is 4.90 Å². The van der Waals surface area contributed by atoms with E-state index in [0.717, 1.165) is 12.0 Å². The van der Waals surface area contributed by atoms with Crippen molar-refractivity contribution in [3.63, 3.8) is 0 Å². The van der Waals surface area contributed by atoms with Crippen LogP contribution in [0.1, 0.15) is 39.2 Å². The van der Waals surface area contributed by atoms with E-state index < -0.39 is 12.1 Å². The van der Waals surface area contributed by atoms with Crippen LogP contribution in [0.15, 0.2) is 30.3 Å². The Kier molecular flexibility index (Phi) is 6.56. The molecule has 1 unspecified atom stereocenters. The van der Waals surface area contributed by atoms with Crippen molar-refractivity contribution in [3.8, 4) is 0 Å². The van der Waals surface area contributed by atoms with Gasteiger partial charge in [-0.15, -0.1) is 0 Å². The normalized spacial score (nSPS) is 18.1. The van der Waals surface area contributed by atoms with Gasteiger partial charge in [-0.3, -0.25) is 9.59 Å². The summed E-state index contributed by atoms with van der Waals surface area (Å²) in [6.07, 6.45) is 1.34. The molecule has 6 nitrogen and oxygen atoms in total. The molecule has 0 saturated carbocycles. The van der Waals surface area contributed by atoms with Gasteiger partial charge in [-0.1, -0.05) is 44.2 Å². The Morgan fingerprint density at radius 3 is 2.52 bits per heavy atom. The number of benzene rings is 1. The molecule has 2 amide bonds. The zero-order valence-electron chi connectivity index (χ0n) is 15.0. The molecule has 1 N–H and O–H groups in total. The molecule has 136 valence electrons. The molecule has 1 aromatic carbocycles. The predicted octanol–water partition coefficient (Wildman–Crippen LogP) is 1.88. The van der Waals surface area contributed by atoms with Gasteiger partial charge in [0.25, 0.3) is 0 Å². The summed E-state index contributed by atoms with van der Waals surface area (Å²) < 4.78 is 5.39. The molecule has 1 fully saturated rings. The summed E-state index contributed by atoms with van der Waals surface area (Å²) >= 11 is 0. The van der Waals surface area contributed by atoms with Crippen LogP contribution in [0.2, 0.25) is 0 Å². The lowest BCUT2D eigenvalue weighted by atomic mass is 10.0. The van der Waals surface area contributed by atoms with E-state index in [1.165, 1.54) is 6.92 Å². The van der Waals surface area contributed by atoms with Crippen molar-refractivity contribution in [2.24, 2.45) is 5.92 Å². The van der Waals surface area contributed by atoms with Crippen LogP contribution in [-0.2, 0) is 25.7 Å². The molecule has 0 bridgehead atoms. The Balaban J connectivity index is 2.01. The number of esters is 1. The van der Waals surface area contributed by atoms with E-state index in [4.69, 9.17) is 4.74 Å². The first-order chi connectivity index (χ1) is 11.9. The SMILES string of the molecule is CC(=O)N[C@H](C(=O)N1CCCC1C(=O)OCc1ccccc1)C(C)C. The summed E-state index contributed by atoms with van der Waals surface area (Å²) in [5.74, 6) is -0.920. The van der Waals surface area contributed by atoms with Crippen molar-refractivity contribution in [2.75, 3.05) is 6.54 Å². The number of ether oxygens (including phenoxy) is 1. The molecule has 1 aromatic rings. The standard InChI is InChI=1S/C19H26N2O4/c1-13(2)17(20-14(3)22)18(23)21-11-7-10-16(21)19(24)25-12-15-8-5-4-6-9-15/h4-6,8-9,13,16-17H,7,10-12H2,1-3H3,(H,20,22)/t16?,17-/m0/s1. The third-order valence-electron chi connectivity index (χ3n) is 4.32. The molecule has 0 aromatic heterocycles. The first-order valence-electron chi connectivity index (χ1n) is 8.68. The van der Waals surface area contributed by atoms with Crippen LogP contribution in [0.3, 0.4) is 0 Å². The minimum atomic E-state index is -0.625. The van der Waals surface area contributed by atoms with Crippen molar-refractivity contribution >= 4 is 17.8 Å². The molecule has 0 spiro atoms. The van der Waals surface area contributed by atoms with Crippen molar-refractivity contribution in [3.05, 3.63) is 35.9 Å². The quantitative estimate of drug-likeness (QED) is 0.798. The fourth-order valence-corrected chi connectivity index (χ4v) is 3.01. The maximum atomic E-state index is 12.8. The van der Waals surface area contributed by atoms with Gasteiger partial charge in [-0.2, -0.15) is 0 Å². The van der Waals surface area contributed by atoms with Crippen LogP contribution in [0.5, 0.6) is 0 Å². The highest BCUT2D eigenvalue weighted by Crippen LogP contribution is 2.21. The van der Waals surface area contributed by atoms with Gasteiger partial charge in [0.2, 0.25) is 11.8 Å². The highest BCUT2D eigenvalue weighted by atomic mass is 16.5. The number of hydrogen-bond acceptors (Lipinski definition) is 4. The summed E-state index contributed by atoms with van der Waals surface area (Å²) in [6.45, 7) is 5.83. The molecule has 1 aliphatic heterocycles. The third kappa shape index (κ3) is 5.05. The molecule has 1 heterocycles. The minimum Gasteiger partial charge on any atom is -0.459 e. The van der Waals surface area contributed by atoms with Crippen LogP contribution in [-0.4, -0.2) is 41.3 Å².